The molecule has 4 N–H and O–H groups in total. The van der Waals surface area contributed by atoms with Crippen LogP contribution in [0.5, 0.6) is 0 Å². The van der Waals surface area contributed by atoms with Crippen LogP contribution in [-0.2, 0) is 4.79 Å². The Labute approximate surface area is 110 Å². The van der Waals surface area contributed by atoms with Gasteiger partial charge in [-0.15, -0.1) is 0 Å². The SMILES string of the molecule is C[C@@H](O)C(C(N)=O)N1CC2(CCC(F)(F)CC2)C1O. The number of amides is 1. The van der Waals surface area contributed by atoms with Gasteiger partial charge in [0.05, 0.1) is 6.10 Å². The third-order valence-corrected chi connectivity index (χ3v) is 4.44. The predicted molar refractivity (Wildman–Crippen MR) is 63.2 cm³/mol. The minimum absolute atomic E-state index is 0.225. The topological polar surface area (TPSA) is 86.8 Å². The van der Waals surface area contributed by atoms with Crippen molar-refractivity contribution in [3.05, 3.63) is 0 Å². The van der Waals surface area contributed by atoms with Gasteiger partial charge in [-0.2, -0.15) is 0 Å². The lowest BCUT2D eigenvalue weighted by Crippen LogP contribution is -2.72. The highest BCUT2D eigenvalue weighted by Crippen LogP contribution is 2.52. The molecular weight excluding hydrogens is 258 g/mol. The van der Waals surface area contributed by atoms with Gasteiger partial charge < -0.3 is 15.9 Å². The molecule has 3 atom stereocenters. The average Bonchev–Trinajstić information content (AvgIpc) is 2.29. The van der Waals surface area contributed by atoms with E-state index in [2.05, 4.69) is 0 Å². The molecule has 1 amide bonds. The van der Waals surface area contributed by atoms with E-state index in [9.17, 15) is 23.8 Å². The molecule has 0 aromatic rings. The first kappa shape index (κ1) is 14.6. The third kappa shape index (κ3) is 2.46. The van der Waals surface area contributed by atoms with Gasteiger partial charge in [-0.1, -0.05) is 0 Å². The molecule has 1 spiro atoms. The summed E-state index contributed by atoms with van der Waals surface area (Å²) in [4.78, 5) is 12.7. The van der Waals surface area contributed by atoms with Crippen LogP contribution in [0.3, 0.4) is 0 Å². The molecule has 2 fully saturated rings. The van der Waals surface area contributed by atoms with Crippen LogP contribution >= 0.6 is 0 Å². The van der Waals surface area contributed by atoms with Crippen LogP contribution in [0.2, 0.25) is 0 Å². The first-order valence-corrected chi connectivity index (χ1v) is 6.48. The number of rotatable bonds is 3. The van der Waals surface area contributed by atoms with E-state index in [0.717, 1.165) is 0 Å². The molecule has 0 radical (unpaired) electrons. The van der Waals surface area contributed by atoms with Crippen LogP contribution in [0.15, 0.2) is 0 Å². The van der Waals surface area contributed by atoms with Crippen molar-refractivity contribution in [2.24, 2.45) is 11.1 Å². The van der Waals surface area contributed by atoms with Crippen LogP contribution in [0.25, 0.3) is 0 Å². The molecule has 2 rings (SSSR count). The monoisotopic (exact) mass is 278 g/mol. The second kappa shape index (κ2) is 4.64. The number of hydrogen-bond acceptors (Lipinski definition) is 4. The Bertz CT molecular complexity index is 366. The van der Waals surface area contributed by atoms with Crippen molar-refractivity contribution in [1.82, 2.24) is 4.90 Å². The van der Waals surface area contributed by atoms with Crippen molar-refractivity contribution in [3.8, 4) is 0 Å². The lowest BCUT2D eigenvalue weighted by Gasteiger charge is -2.59. The van der Waals surface area contributed by atoms with Crippen molar-refractivity contribution in [2.45, 2.75) is 56.9 Å². The fourth-order valence-corrected chi connectivity index (χ4v) is 3.23. The van der Waals surface area contributed by atoms with Crippen molar-refractivity contribution in [3.63, 3.8) is 0 Å². The van der Waals surface area contributed by atoms with Crippen LogP contribution in [0.4, 0.5) is 8.78 Å². The van der Waals surface area contributed by atoms with Crippen LogP contribution < -0.4 is 5.73 Å². The Kier molecular flexibility index (Phi) is 3.57. The fraction of sp³-hybridized carbons (Fsp3) is 0.917. The summed E-state index contributed by atoms with van der Waals surface area (Å²) in [5.74, 6) is -3.37. The van der Waals surface area contributed by atoms with Gasteiger partial charge in [0, 0.05) is 24.8 Å². The number of likely N-dealkylation sites (tertiary alicyclic amines) is 1. The lowest BCUT2D eigenvalue weighted by molar-refractivity contribution is -0.245. The molecule has 5 nitrogen and oxygen atoms in total. The van der Waals surface area contributed by atoms with Crippen molar-refractivity contribution < 1.29 is 23.8 Å². The summed E-state index contributed by atoms with van der Waals surface area (Å²) in [6, 6.07) is -0.969. The van der Waals surface area contributed by atoms with Crippen LogP contribution in [0.1, 0.15) is 32.6 Å². The van der Waals surface area contributed by atoms with Gasteiger partial charge in [-0.3, -0.25) is 9.69 Å². The molecule has 0 bridgehead atoms. The third-order valence-electron chi connectivity index (χ3n) is 4.44. The van der Waals surface area contributed by atoms with Gasteiger partial charge in [0.25, 0.3) is 0 Å². The summed E-state index contributed by atoms with van der Waals surface area (Å²) in [7, 11) is 0. The van der Waals surface area contributed by atoms with Gasteiger partial charge in [-0.05, 0) is 19.8 Å². The summed E-state index contributed by atoms with van der Waals surface area (Å²) in [5, 5.41) is 19.7. The zero-order valence-corrected chi connectivity index (χ0v) is 10.9. The summed E-state index contributed by atoms with van der Waals surface area (Å²) in [6.07, 6.45) is -2.03. The second-order valence-corrected chi connectivity index (χ2v) is 5.85. The Balaban J connectivity index is 2.03. The maximum Gasteiger partial charge on any atom is 0.248 e. The van der Waals surface area contributed by atoms with E-state index >= 15 is 0 Å². The number of nitrogens with zero attached hydrogens (tertiary/aromatic N) is 1. The number of carbonyl (C=O) groups excluding carboxylic acids is 1. The summed E-state index contributed by atoms with van der Waals surface area (Å²) < 4.78 is 26.3. The number of primary amides is 1. The van der Waals surface area contributed by atoms with Crippen LogP contribution in [-0.4, -0.2) is 51.9 Å². The molecule has 0 aromatic heterocycles. The molecule has 19 heavy (non-hydrogen) atoms. The van der Waals surface area contributed by atoms with Gasteiger partial charge in [0.1, 0.15) is 12.3 Å². The first-order valence-electron chi connectivity index (χ1n) is 6.48. The molecule has 2 aliphatic rings. The molecule has 1 heterocycles. The number of carbonyl (C=O) groups is 1. The Hall–Kier alpha value is -0.790. The standard InChI is InChI=1S/C12H20F2N2O3/c1-7(17)8(9(15)18)16-6-11(10(16)19)2-4-12(13,14)5-3-11/h7-8,10,17,19H,2-6H2,1H3,(H2,15,18)/t7-,8?,10?/m1/s1. The number of halogens is 2. The smallest absolute Gasteiger partial charge is 0.248 e. The molecule has 1 aliphatic carbocycles. The fourth-order valence-electron chi connectivity index (χ4n) is 3.23. The maximum absolute atomic E-state index is 13.1. The van der Waals surface area contributed by atoms with Gasteiger partial charge >= 0.3 is 0 Å². The Morgan fingerprint density at radius 1 is 1.37 bits per heavy atom. The zero-order chi connectivity index (χ0) is 14.4. The maximum atomic E-state index is 13.1. The number of aliphatic hydroxyl groups excluding tert-OH is 2. The summed E-state index contributed by atoms with van der Waals surface area (Å²) in [5.41, 5.74) is 4.62. The van der Waals surface area contributed by atoms with E-state index in [4.69, 9.17) is 5.73 Å². The van der Waals surface area contributed by atoms with Crippen LogP contribution in [0, 0.1) is 5.41 Å². The van der Waals surface area contributed by atoms with Crippen molar-refractivity contribution in [2.75, 3.05) is 6.54 Å². The highest BCUT2D eigenvalue weighted by Gasteiger charge is 2.58. The summed E-state index contributed by atoms with van der Waals surface area (Å²) >= 11 is 0. The minimum atomic E-state index is -2.65. The molecule has 7 heteroatoms. The number of alkyl halides is 2. The molecule has 1 saturated carbocycles. The Morgan fingerprint density at radius 2 is 1.89 bits per heavy atom. The molecule has 1 aliphatic heterocycles. The minimum Gasteiger partial charge on any atom is -0.391 e. The molecule has 0 aromatic carbocycles. The predicted octanol–water partition coefficient (Wildman–Crippen LogP) is 0.0508. The van der Waals surface area contributed by atoms with Gasteiger partial charge in [-0.25, -0.2) is 8.78 Å². The summed E-state index contributed by atoms with van der Waals surface area (Å²) in [6.45, 7) is 1.74. The number of hydrogen-bond donors (Lipinski definition) is 3. The first-order chi connectivity index (χ1) is 8.68. The molecule has 1 saturated heterocycles. The second-order valence-electron chi connectivity index (χ2n) is 5.85. The van der Waals surface area contributed by atoms with E-state index in [1.54, 1.807) is 0 Å². The normalized spacial score (nSPS) is 32.6. The van der Waals surface area contributed by atoms with Crippen molar-refractivity contribution >= 4 is 5.91 Å². The highest BCUT2D eigenvalue weighted by molar-refractivity contribution is 5.80. The molecule has 110 valence electrons. The van der Waals surface area contributed by atoms with Crippen molar-refractivity contribution in [1.29, 1.82) is 0 Å². The largest absolute Gasteiger partial charge is 0.391 e. The van der Waals surface area contributed by atoms with E-state index in [-0.39, 0.29) is 25.7 Å². The molecule has 2 unspecified atom stereocenters. The quantitative estimate of drug-likeness (QED) is 0.681. The van der Waals surface area contributed by atoms with E-state index in [1.807, 2.05) is 0 Å². The average molecular weight is 278 g/mol. The van der Waals surface area contributed by atoms with E-state index in [0.29, 0.717) is 6.54 Å². The highest BCUT2D eigenvalue weighted by atomic mass is 19.3. The van der Waals surface area contributed by atoms with Gasteiger partial charge in [0.2, 0.25) is 11.8 Å². The number of aliphatic hydroxyl groups is 2. The zero-order valence-electron chi connectivity index (χ0n) is 10.9. The lowest BCUT2D eigenvalue weighted by atomic mass is 9.65. The number of nitrogens with two attached hydrogens (primary N) is 1. The Morgan fingerprint density at radius 3 is 2.26 bits per heavy atom. The van der Waals surface area contributed by atoms with E-state index < -0.39 is 35.6 Å². The van der Waals surface area contributed by atoms with Gasteiger partial charge in [0.15, 0.2) is 0 Å². The van der Waals surface area contributed by atoms with E-state index in [1.165, 1.54) is 11.8 Å². The molecular formula is C12H20F2N2O3.